The van der Waals surface area contributed by atoms with Gasteiger partial charge in [0.05, 0.1) is 24.7 Å². The van der Waals surface area contributed by atoms with Crippen molar-refractivity contribution in [3.63, 3.8) is 0 Å². The first-order chi connectivity index (χ1) is 14.0. The summed E-state index contributed by atoms with van der Waals surface area (Å²) >= 11 is 1.40. The van der Waals surface area contributed by atoms with Gasteiger partial charge in [0.1, 0.15) is 5.82 Å². The zero-order valence-electron chi connectivity index (χ0n) is 17.1. The van der Waals surface area contributed by atoms with Gasteiger partial charge in [-0.2, -0.15) is 0 Å². The Labute approximate surface area is 176 Å². The van der Waals surface area contributed by atoms with Crippen molar-refractivity contribution in [1.29, 1.82) is 0 Å². The molecule has 156 valence electrons. The first-order valence-electron chi connectivity index (χ1n) is 10.3. The fourth-order valence-electron chi connectivity index (χ4n) is 3.51. The van der Waals surface area contributed by atoms with Gasteiger partial charge >= 0.3 is 0 Å². The number of carbonyl (C=O) groups excluding carboxylic acids is 1. The quantitative estimate of drug-likeness (QED) is 0.668. The molecule has 1 aromatic carbocycles. The topological polar surface area (TPSA) is 72.3 Å². The van der Waals surface area contributed by atoms with Crippen LogP contribution in [-0.2, 0) is 9.53 Å². The highest BCUT2D eigenvalue weighted by molar-refractivity contribution is 7.99. The average Bonchev–Trinajstić information content (AvgIpc) is 3.51. The van der Waals surface area contributed by atoms with E-state index < -0.39 is 0 Å². The van der Waals surface area contributed by atoms with Crippen molar-refractivity contribution >= 4 is 17.7 Å². The molecule has 1 saturated heterocycles. The van der Waals surface area contributed by atoms with E-state index in [1.165, 1.54) is 11.8 Å². The first kappa shape index (κ1) is 20.4. The van der Waals surface area contributed by atoms with Crippen molar-refractivity contribution in [2.24, 2.45) is 0 Å². The Morgan fingerprint density at radius 1 is 1.24 bits per heavy atom. The van der Waals surface area contributed by atoms with Crippen LogP contribution in [0.4, 0.5) is 0 Å². The van der Waals surface area contributed by atoms with Gasteiger partial charge in [-0.1, -0.05) is 30.0 Å². The Morgan fingerprint density at radius 2 is 1.97 bits per heavy atom. The molecule has 0 unspecified atom stereocenters. The molecule has 0 atom stereocenters. The summed E-state index contributed by atoms with van der Waals surface area (Å²) in [6, 6.07) is 10.1. The molecular formula is C21H29N5O2S. The van der Waals surface area contributed by atoms with Crippen molar-refractivity contribution in [2.75, 3.05) is 38.6 Å². The highest BCUT2D eigenvalue weighted by Gasteiger charge is 2.31. The SMILES string of the molecule is CC(C)(CNC(=O)CSc1nc(C2CC2)n(-c2ccccc2)n1)N1CCOCC1. The third-order valence-corrected chi connectivity index (χ3v) is 6.31. The molecule has 2 aromatic rings. The zero-order valence-corrected chi connectivity index (χ0v) is 18.0. The molecule has 1 N–H and O–H groups in total. The fourth-order valence-corrected chi connectivity index (χ4v) is 4.17. The molecule has 2 fully saturated rings. The number of rotatable bonds is 8. The number of carbonyl (C=O) groups is 1. The van der Waals surface area contributed by atoms with Crippen LogP contribution in [-0.4, -0.2) is 69.7 Å². The Hall–Kier alpha value is -1.90. The molecule has 1 aliphatic heterocycles. The highest BCUT2D eigenvalue weighted by atomic mass is 32.2. The zero-order chi connectivity index (χ0) is 20.3. The van der Waals surface area contributed by atoms with Crippen LogP contribution in [0.25, 0.3) is 5.69 Å². The van der Waals surface area contributed by atoms with E-state index in [4.69, 9.17) is 9.72 Å². The maximum atomic E-state index is 12.4. The number of aromatic nitrogens is 3. The summed E-state index contributed by atoms with van der Waals surface area (Å²) in [5.74, 6) is 1.83. The van der Waals surface area contributed by atoms with Crippen molar-refractivity contribution in [3.05, 3.63) is 36.2 Å². The van der Waals surface area contributed by atoms with Crippen LogP contribution in [0.3, 0.4) is 0 Å². The van der Waals surface area contributed by atoms with Crippen LogP contribution in [0.15, 0.2) is 35.5 Å². The molecular weight excluding hydrogens is 386 g/mol. The van der Waals surface area contributed by atoms with Crippen molar-refractivity contribution < 1.29 is 9.53 Å². The van der Waals surface area contributed by atoms with E-state index in [0.717, 1.165) is 50.7 Å². The van der Waals surface area contributed by atoms with Gasteiger partial charge in [0.15, 0.2) is 0 Å². The number of morpholine rings is 1. The van der Waals surface area contributed by atoms with Crippen LogP contribution < -0.4 is 5.32 Å². The Balaban J connectivity index is 1.32. The minimum absolute atomic E-state index is 0.0142. The van der Waals surface area contributed by atoms with Gasteiger partial charge in [0.25, 0.3) is 0 Å². The lowest BCUT2D eigenvalue weighted by Gasteiger charge is -2.40. The molecule has 2 aliphatic rings. The van der Waals surface area contributed by atoms with Crippen LogP contribution in [0.5, 0.6) is 0 Å². The summed E-state index contributed by atoms with van der Waals surface area (Å²) in [5.41, 5.74) is 0.932. The summed E-state index contributed by atoms with van der Waals surface area (Å²) in [6.07, 6.45) is 2.32. The van der Waals surface area contributed by atoms with Crippen molar-refractivity contribution in [2.45, 2.75) is 43.3 Å². The fraction of sp³-hybridized carbons (Fsp3) is 0.571. The number of nitrogens with one attached hydrogen (secondary N) is 1. The number of ether oxygens (including phenoxy) is 1. The van der Waals surface area contributed by atoms with E-state index in [2.05, 4.69) is 29.2 Å². The highest BCUT2D eigenvalue weighted by Crippen LogP contribution is 2.40. The van der Waals surface area contributed by atoms with E-state index in [-0.39, 0.29) is 11.4 Å². The van der Waals surface area contributed by atoms with Gasteiger partial charge in [0.2, 0.25) is 11.1 Å². The smallest absolute Gasteiger partial charge is 0.230 e. The summed E-state index contributed by atoms with van der Waals surface area (Å²) in [6.45, 7) is 8.27. The van der Waals surface area contributed by atoms with Crippen molar-refractivity contribution in [1.82, 2.24) is 25.0 Å². The standard InChI is InChI=1S/C21H29N5O2S/c1-21(2,25-10-12-28-13-11-25)15-22-18(27)14-29-20-23-19(16-8-9-16)26(24-20)17-6-4-3-5-7-17/h3-7,16H,8-15H2,1-2H3,(H,22,27). The lowest BCUT2D eigenvalue weighted by Crippen LogP contribution is -2.55. The first-order valence-corrected chi connectivity index (χ1v) is 11.3. The normalized spacial score (nSPS) is 18.0. The number of amides is 1. The Morgan fingerprint density at radius 3 is 2.66 bits per heavy atom. The molecule has 1 amide bonds. The molecule has 1 aliphatic carbocycles. The predicted octanol–water partition coefficient (Wildman–Crippen LogP) is 2.46. The number of hydrogen-bond acceptors (Lipinski definition) is 6. The van der Waals surface area contributed by atoms with Crippen molar-refractivity contribution in [3.8, 4) is 5.69 Å². The monoisotopic (exact) mass is 415 g/mol. The number of para-hydroxylation sites is 1. The van der Waals surface area contributed by atoms with Gasteiger partial charge in [-0.25, -0.2) is 9.67 Å². The second-order valence-corrected chi connectivity index (χ2v) is 9.19. The van der Waals surface area contributed by atoms with Gasteiger partial charge < -0.3 is 10.1 Å². The van der Waals surface area contributed by atoms with E-state index in [1.807, 2.05) is 35.0 Å². The lowest BCUT2D eigenvalue weighted by atomic mass is 10.0. The van der Waals surface area contributed by atoms with E-state index in [1.54, 1.807) is 0 Å². The number of hydrogen-bond donors (Lipinski definition) is 1. The summed E-state index contributed by atoms with van der Waals surface area (Å²) < 4.78 is 7.35. The lowest BCUT2D eigenvalue weighted by molar-refractivity contribution is -0.119. The van der Waals surface area contributed by atoms with Crippen LogP contribution in [0.2, 0.25) is 0 Å². The maximum absolute atomic E-state index is 12.4. The molecule has 0 radical (unpaired) electrons. The summed E-state index contributed by atoms with van der Waals surface area (Å²) in [4.78, 5) is 19.5. The van der Waals surface area contributed by atoms with E-state index in [9.17, 15) is 4.79 Å². The second kappa shape index (κ2) is 8.85. The molecule has 4 rings (SSSR count). The molecule has 1 saturated carbocycles. The van der Waals surface area contributed by atoms with Gasteiger partial charge in [-0.15, -0.1) is 5.10 Å². The average molecular weight is 416 g/mol. The number of thioether (sulfide) groups is 1. The predicted molar refractivity (Wildman–Crippen MR) is 114 cm³/mol. The molecule has 0 bridgehead atoms. The third-order valence-electron chi connectivity index (χ3n) is 5.47. The van der Waals surface area contributed by atoms with Crippen LogP contribution >= 0.6 is 11.8 Å². The maximum Gasteiger partial charge on any atom is 0.230 e. The van der Waals surface area contributed by atoms with E-state index >= 15 is 0 Å². The minimum atomic E-state index is -0.0869. The molecule has 0 spiro atoms. The van der Waals surface area contributed by atoms with Crippen LogP contribution in [0.1, 0.15) is 38.4 Å². The summed E-state index contributed by atoms with van der Waals surface area (Å²) in [5, 5.41) is 8.40. The van der Waals surface area contributed by atoms with Gasteiger partial charge in [-0.3, -0.25) is 9.69 Å². The Bertz CT molecular complexity index is 829. The molecule has 29 heavy (non-hydrogen) atoms. The molecule has 8 heteroatoms. The van der Waals surface area contributed by atoms with Crippen LogP contribution in [0, 0.1) is 0 Å². The molecule has 7 nitrogen and oxygen atoms in total. The summed E-state index contributed by atoms with van der Waals surface area (Å²) in [7, 11) is 0. The van der Waals surface area contributed by atoms with E-state index in [0.29, 0.717) is 23.4 Å². The molecule has 2 heterocycles. The number of benzene rings is 1. The minimum Gasteiger partial charge on any atom is -0.379 e. The molecule has 1 aromatic heterocycles. The largest absolute Gasteiger partial charge is 0.379 e. The Kier molecular flexibility index (Phi) is 6.22. The second-order valence-electron chi connectivity index (χ2n) is 8.25. The third kappa shape index (κ3) is 5.18. The number of nitrogens with zero attached hydrogens (tertiary/aromatic N) is 4. The van der Waals surface area contributed by atoms with Gasteiger partial charge in [-0.05, 0) is 38.8 Å². The van der Waals surface area contributed by atoms with Gasteiger partial charge in [0, 0.05) is 31.1 Å².